The van der Waals surface area contributed by atoms with Gasteiger partial charge in [0.1, 0.15) is 17.2 Å². The van der Waals surface area contributed by atoms with Crippen molar-refractivity contribution < 1.29 is 18.0 Å². The third kappa shape index (κ3) is 3.83. The van der Waals surface area contributed by atoms with Gasteiger partial charge < -0.3 is 14.8 Å². The monoisotopic (exact) mass is 404 g/mol. The molecule has 1 fully saturated rings. The van der Waals surface area contributed by atoms with Crippen molar-refractivity contribution in [3.05, 3.63) is 52.3 Å². The minimum absolute atomic E-state index is 0.0184. The van der Waals surface area contributed by atoms with Crippen LogP contribution in [0.1, 0.15) is 18.4 Å². The molecule has 2 aromatic rings. The summed E-state index contributed by atoms with van der Waals surface area (Å²) in [6.07, 6.45) is -3.99. The number of piperidine rings is 1. The van der Waals surface area contributed by atoms with E-state index in [2.05, 4.69) is 11.9 Å². The summed E-state index contributed by atoms with van der Waals surface area (Å²) in [5, 5.41) is 13.4. The average molecular weight is 404 g/mol. The first kappa shape index (κ1) is 20.5. The zero-order valence-corrected chi connectivity index (χ0v) is 15.7. The van der Waals surface area contributed by atoms with Crippen LogP contribution < -0.4 is 10.9 Å². The van der Waals surface area contributed by atoms with Gasteiger partial charge in [-0.2, -0.15) is 18.4 Å². The topological polar surface area (TPSA) is 78.1 Å². The summed E-state index contributed by atoms with van der Waals surface area (Å²) in [7, 11) is 1.59. The van der Waals surface area contributed by atoms with Crippen molar-refractivity contribution in [2.24, 2.45) is 7.05 Å². The number of nitriles is 1. The number of benzene rings is 1. The van der Waals surface area contributed by atoms with E-state index in [0.29, 0.717) is 29.4 Å². The summed E-state index contributed by atoms with van der Waals surface area (Å²) < 4.78 is 39.5. The lowest BCUT2D eigenvalue weighted by molar-refractivity contribution is -0.140. The second-order valence-electron chi connectivity index (χ2n) is 6.93. The smallest absolute Gasteiger partial charge is 0.380 e. The number of halogens is 3. The zero-order chi connectivity index (χ0) is 21.3. The van der Waals surface area contributed by atoms with Crippen LogP contribution in [0.2, 0.25) is 0 Å². The van der Waals surface area contributed by atoms with Crippen LogP contribution in [0.25, 0.3) is 10.9 Å². The van der Waals surface area contributed by atoms with Gasteiger partial charge in [-0.25, -0.2) is 0 Å². The third-order valence-corrected chi connectivity index (χ3v) is 5.15. The van der Waals surface area contributed by atoms with Crippen LogP contribution in [-0.2, 0) is 11.8 Å². The fourth-order valence-electron chi connectivity index (χ4n) is 3.49. The maximum Gasteiger partial charge on any atom is 0.421 e. The largest absolute Gasteiger partial charge is 0.421 e. The molecule has 1 amide bonds. The van der Waals surface area contributed by atoms with E-state index in [1.807, 2.05) is 6.07 Å². The van der Waals surface area contributed by atoms with E-state index in [4.69, 9.17) is 0 Å². The van der Waals surface area contributed by atoms with Crippen LogP contribution in [0.15, 0.2) is 41.2 Å². The molecule has 1 N–H and O–H groups in total. The molecule has 0 spiro atoms. The van der Waals surface area contributed by atoms with Crippen molar-refractivity contribution in [2.75, 3.05) is 18.4 Å². The minimum Gasteiger partial charge on any atom is -0.380 e. The number of hydrogen-bond donors (Lipinski definition) is 1. The molecular formula is C20H19F3N4O2. The molecule has 152 valence electrons. The van der Waals surface area contributed by atoms with Gasteiger partial charge in [-0.1, -0.05) is 24.8 Å². The second-order valence-corrected chi connectivity index (χ2v) is 6.93. The lowest BCUT2D eigenvalue weighted by Crippen LogP contribution is -2.44. The number of para-hydroxylation sites is 1. The number of alkyl halides is 3. The van der Waals surface area contributed by atoms with E-state index in [9.17, 15) is 28.0 Å². The van der Waals surface area contributed by atoms with Gasteiger partial charge in [0.05, 0.1) is 11.2 Å². The Balaban J connectivity index is 1.81. The van der Waals surface area contributed by atoms with Crippen molar-refractivity contribution in [1.82, 2.24) is 9.47 Å². The Morgan fingerprint density at radius 1 is 1.28 bits per heavy atom. The van der Waals surface area contributed by atoms with Crippen molar-refractivity contribution in [1.29, 1.82) is 5.26 Å². The van der Waals surface area contributed by atoms with E-state index in [1.165, 1.54) is 4.57 Å². The Morgan fingerprint density at radius 2 is 1.90 bits per heavy atom. The molecule has 3 rings (SSSR count). The Hall–Kier alpha value is -3.28. The molecule has 0 radical (unpaired) electrons. The van der Waals surface area contributed by atoms with Crippen LogP contribution in [0.4, 0.5) is 18.9 Å². The number of anilines is 1. The van der Waals surface area contributed by atoms with Gasteiger partial charge in [0, 0.05) is 31.6 Å². The van der Waals surface area contributed by atoms with Gasteiger partial charge in [0.25, 0.3) is 11.5 Å². The predicted molar refractivity (Wildman–Crippen MR) is 102 cm³/mol. The zero-order valence-electron chi connectivity index (χ0n) is 15.7. The van der Waals surface area contributed by atoms with Crippen LogP contribution in [-0.4, -0.2) is 40.7 Å². The van der Waals surface area contributed by atoms with Crippen LogP contribution in [0.3, 0.4) is 0 Å². The molecule has 0 atom stereocenters. The number of nitrogens with one attached hydrogen (secondary N) is 1. The van der Waals surface area contributed by atoms with E-state index in [-0.39, 0.29) is 24.7 Å². The van der Waals surface area contributed by atoms with Crippen LogP contribution >= 0.6 is 0 Å². The van der Waals surface area contributed by atoms with Gasteiger partial charge in [-0.15, -0.1) is 0 Å². The Labute approximate surface area is 164 Å². The lowest BCUT2D eigenvalue weighted by Gasteiger charge is -2.33. The number of rotatable bonds is 3. The standard InChI is InChI=1S/C20H19F3N4O2/c1-12(20(21,22)23)18(28)27-9-7-13(8-10-27)25-17-14-5-3-4-6-16(14)26(2)19(29)15(17)11-24/h3-6,13,25H,1,7-10H2,2H3. The molecule has 1 aromatic carbocycles. The first-order valence-corrected chi connectivity index (χ1v) is 8.99. The summed E-state index contributed by atoms with van der Waals surface area (Å²) in [6.45, 7) is 3.10. The molecule has 2 heterocycles. The van der Waals surface area contributed by atoms with Gasteiger partial charge in [0.15, 0.2) is 0 Å². The summed E-state index contributed by atoms with van der Waals surface area (Å²) >= 11 is 0. The highest BCUT2D eigenvalue weighted by Crippen LogP contribution is 2.29. The van der Waals surface area contributed by atoms with Gasteiger partial charge in [-0.3, -0.25) is 9.59 Å². The van der Waals surface area contributed by atoms with Crippen LogP contribution in [0.5, 0.6) is 0 Å². The summed E-state index contributed by atoms with van der Waals surface area (Å²) in [5.74, 6) is -1.12. The summed E-state index contributed by atoms with van der Waals surface area (Å²) in [6, 6.07) is 8.90. The number of carbonyl (C=O) groups is 1. The predicted octanol–water partition coefficient (Wildman–Crippen LogP) is 2.93. The average Bonchev–Trinajstić information content (AvgIpc) is 2.71. The van der Waals surface area contributed by atoms with Crippen molar-refractivity contribution in [3.63, 3.8) is 0 Å². The van der Waals surface area contributed by atoms with E-state index >= 15 is 0 Å². The molecule has 1 saturated heterocycles. The highest BCUT2D eigenvalue weighted by molar-refractivity contribution is 5.95. The number of amides is 1. The molecule has 1 aliphatic rings. The molecule has 0 aliphatic carbocycles. The molecule has 0 unspecified atom stereocenters. The highest BCUT2D eigenvalue weighted by atomic mass is 19.4. The number of pyridine rings is 1. The SMILES string of the molecule is C=C(C(=O)N1CCC(Nc2c(C#N)c(=O)n(C)c3ccccc23)CC1)C(F)(F)F. The van der Waals surface area contributed by atoms with E-state index in [0.717, 1.165) is 4.90 Å². The number of aromatic nitrogens is 1. The first-order valence-electron chi connectivity index (χ1n) is 8.99. The highest BCUT2D eigenvalue weighted by Gasteiger charge is 2.39. The minimum atomic E-state index is -4.75. The van der Waals surface area contributed by atoms with E-state index < -0.39 is 23.2 Å². The number of likely N-dealkylation sites (tertiary alicyclic amines) is 1. The number of carbonyl (C=O) groups excluding carboxylic acids is 1. The van der Waals surface area contributed by atoms with Gasteiger partial charge >= 0.3 is 6.18 Å². The molecule has 0 bridgehead atoms. The fraction of sp³-hybridized carbons (Fsp3) is 0.350. The molecule has 6 nitrogen and oxygen atoms in total. The fourth-order valence-corrected chi connectivity index (χ4v) is 3.49. The van der Waals surface area contributed by atoms with E-state index in [1.54, 1.807) is 31.3 Å². The number of aryl methyl sites for hydroxylation is 1. The maximum atomic E-state index is 12.7. The Morgan fingerprint density at radius 3 is 2.48 bits per heavy atom. The molecule has 0 saturated carbocycles. The molecule has 1 aliphatic heterocycles. The number of nitrogens with zero attached hydrogens (tertiary/aromatic N) is 3. The summed E-state index contributed by atoms with van der Waals surface area (Å²) in [5.41, 5.74) is -0.755. The lowest BCUT2D eigenvalue weighted by atomic mass is 10.0. The molecule has 1 aromatic heterocycles. The molecule has 29 heavy (non-hydrogen) atoms. The maximum absolute atomic E-state index is 12.7. The number of fused-ring (bicyclic) bond motifs is 1. The first-order chi connectivity index (χ1) is 13.6. The third-order valence-electron chi connectivity index (χ3n) is 5.15. The van der Waals surface area contributed by atoms with Gasteiger partial charge in [-0.05, 0) is 18.9 Å². The second kappa shape index (κ2) is 7.62. The van der Waals surface area contributed by atoms with Gasteiger partial charge in [0.2, 0.25) is 0 Å². The Bertz CT molecular complexity index is 1070. The van der Waals surface area contributed by atoms with Crippen LogP contribution in [0, 0.1) is 11.3 Å². The Kier molecular flexibility index (Phi) is 5.38. The molecular weight excluding hydrogens is 385 g/mol. The van der Waals surface area contributed by atoms with Crippen molar-refractivity contribution in [2.45, 2.75) is 25.1 Å². The quantitative estimate of drug-likeness (QED) is 0.798. The normalized spacial score (nSPS) is 15.2. The number of hydrogen-bond acceptors (Lipinski definition) is 4. The molecule has 9 heteroatoms. The summed E-state index contributed by atoms with van der Waals surface area (Å²) in [4.78, 5) is 25.6. The van der Waals surface area contributed by atoms with Crippen molar-refractivity contribution in [3.8, 4) is 6.07 Å². The van der Waals surface area contributed by atoms with Crippen molar-refractivity contribution >= 4 is 22.5 Å².